The molecule has 5 nitrogen and oxygen atoms in total. The second-order valence-corrected chi connectivity index (χ2v) is 6.72. The minimum absolute atomic E-state index is 0.0144. The summed E-state index contributed by atoms with van der Waals surface area (Å²) >= 11 is 5.70. The molecule has 3 aromatic rings. The van der Waals surface area contributed by atoms with Gasteiger partial charge in [-0.2, -0.15) is 0 Å². The predicted molar refractivity (Wildman–Crippen MR) is 105 cm³/mol. The lowest BCUT2D eigenvalue weighted by Crippen LogP contribution is -2.30. The molecule has 1 aliphatic rings. The van der Waals surface area contributed by atoms with E-state index in [9.17, 15) is 0 Å². The number of thiocarbonyl (C=S) groups is 1. The molecule has 26 heavy (non-hydrogen) atoms. The number of aromatic nitrogens is 3. The first kappa shape index (κ1) is 16.7. The van der Waals surface area contributed by atoms with Gasteiger partial charge in [0, 0.05) is 43.6 Å². The molecule has 0 bridgehead atoms. The number of nitrogens with one attached hydrogen (secondary N) is 1. The standard InChI is InChI=1S/C20H21N5S/c1-2-24-12-6-9-17(24)19-18(16-8-3-4-11-22-16)23-20(26)25(19)14-15-7-5-10-21-13-15/h3-13,18-19H,2,14H2,1H3,(H,23,26)/t18-,19+/m1/s1. The molecule has 132 valence electrons. The lowest BCUT2D eigenvalue weighted by molar-refractivity contribution is 0.297. The molecular weight excluding hydrogens is 342 g/mol. The molecule has 1 N–H and O–H groups in total. The highest BCUT2D eigenvalue weighted by Gasteiger charge is 2.40. The molecule has 1 fully saturated rings. The lowest BCUT2D eigenvalue weighted by Gasteiger charge is -2.28. The molecule has 1 saturated heterocycles. The molecule has 0 aromatic carbocycles. The summed E-state index contributed by atoms with van der Waals surface area (Å²) in [6.07, 6.45) is 7.64. The van der Waals surface area contributed by atoms with Crippen LogP contribution in [0.4, 0.5) is 0 Å². The van der Waals surface area contributed by atoms with Crippen molar-refractivity contribution < 1.29 is 0 Å². The van der Waals surface area contributed by atoms with Crippen LogP contribution in [0.5, 0.6) is 0 Å². The normalized spacial score (nSPS) is 19.6. The Kier molecular flexibility index (Phi) is 4.67. The smallest absolute Gasteiger partial charge is 0.170 e. The molecule has 0 saturated carbocycles. The van der Waals surface area contributed by atoms with E-state index in [-0.39, 0.29) is 12.1 Å². The Bertz CT molecular complexity index is 877. The van der Waals surface area contributed by atoms with Crippen molar-refractivity contribution in [3.63, 3.8) is 0 Å². The summed E-state index contributed by atoms with van der Waals surface area (Å²) in [5.41, 5.74) is 3.37. The molecule has 0 spiro atoms. The fourth-order valence-corrected chi connectivity index (χ4v) is 3.87. The van der Waals surface area contributed by atoms with Crippen molar-refractivity contribution in [2.24, 2.45) is 0 Å². The minimum Gasteiger partial charge on any atom is -0.352 e. The maximum atomic E-state index is 5.70. The van der Waals surface area contributed by atoms with Gasteiger partial charge < -0.3 is 14.8 Å². The van der Waals surface area contributed by atoms with Crippen molar-refractivity contribution in [3.05, 3.63) is 84.2 Å². The van der Waals surface area contributed by atoms with Gasteiger partial charge in [-0.15, -0.1) is 0 Å². The lowest BCUT2D eigenvalue weighted by atomic mass is 10.0. The quantitative estimate of drug-likeness (QED) is 0.703. The van der Waals surface area contributed by atoms with Crippen molar-refractivity contribution in [1.29, 1.82) is 0 Å². The molecule has 4 rings (SSSR count). The first-order valence-electron chi connectivity index (χ1n) is 8.80. The number of nitrogens with zero attached hydrogens (tertiary/aromatic N) is 4. The zero-order chi connectivity index (χ0) is 17.9. The number of pyridine rings is 2. The van der Waals surface area contributed by atoms with Gasteiger partial charge in [0.1, 0.15) is 0 Å². The fourth-order valence-electron chi connectivity index (χ4n) is 3.57. The Morgan fingerprint density at radius 2 is 2.04 bits per heavy atom. The Morgan fingerprint density at radius 1 is 1.12 bits per heavy atom. The van der Waals surface area contributed by atoms with Gasteiger partial charge in [-0.05, 0) is 55.0 Å². The van der Waals surface area contributed by atoms with Gasteiger partial charge in [0.15, 0.2) is 5.11 Å². The van der Waals surface area contributed by atoms with E-state index in [4.69, 9.17) is 12.2 Å². The van der Waals surface area contributed by atoms with Gasteiger partial charge in [0.05, 0.1) is 17.8 Å². The van der Waals surface area contributed by atoms with Crippen LogP contribution in [-0.4, -0.2) is 24.5 Å². The van der Waals surface area contributed by atoms with Crippen molar-refractivity contribution in [1.82, 2.24) is 24.8 Å². The van der Waals surface area contributed by atoms with Gasteiger partial charge in [0.25, 0.3) is 0 Å². The highest BCUT2D eigenvalue weighted by Crippen LogP contribution is 2.39. The molecule has 1 aliphatic heterocycles. The van der Waals surface area contributed by atoms with Gasteiger partial charge in [-0.25, -0.2) is 0 Å². The molecule has 0 aliphatic carbocycles. The van der Waals surface area contributed by atoms with E-state index in [2.05, 4.69) is 62.1 Å². The third-order valence-electron chi connectivity index (χ3n) is 4.78. The molecule has 4 heterocycles. The van der Waals surface area contributed by atoms with Crippen LogP contribution < -0.4 is 5.32 Å². The van der Waals surface area contributed by atoms with E-state index in [1.165, 1.54) is 5.69 Å². The van der Waals surface area contributed by atoms with E-state index in [1.807, 2.05) is 30.6 Å². The average molecular weight is 363 g/mol. The van der Waals surface area contributed by atoms with Crippen LogP contribution in [0.2, 0.25) is 0 Å². The monoisotopic (exact) mass is 363 g/mol. The highest BCUT2D eigenvalue weighted by atomic mass is 32.1. The summed E-state index contributed by atoms with van der Waals surface area (Å²) in [7, 11) is 0. The fraction of sp³-hybridized carbons (Fsp3) is 0.250. The zero-order valence-corrected chi connectivity index (χ0v) is 15.4. The van der Waals surface area contributed by atoms with E-state index >= 15 is 0 Å². The second-order valence-electron chi connectivity index (χ2n) is 6.33. The zero-order valence-electron chi connectivity index (χ0n) is 14.6. The van der Waals surface area contributed by atoms with E-state index in [0.29, 0.717) is 6.54 Å². The third kappa shape index (κ3) is 3.08. The second kappa shape index (κ2) is 7.25. The molecule has 0 amide bonds. The summed E-state index contributed by atoms with van der Waals surface area (Å²) in [4.78, 5) is 11.1. The van der Waals surface area contributed by atoms with Crippen molar-refractivity contribution in [2.45, 2.75) is 32.1 Å². The van der Waals surface area contributed by atoms with E-state index < -0.39 is 0 Å². The van der Waals surface area contributed by atoms with Gasteiger partial charge in [0.2, 0.25) is 0 Å². The Labute approximate surface area is 158 Å². The Morgan fingerprint density at radius 3 is 2.77 bits per heavy atom. The first-order chi connectivity index (χ1) is 12.8. The third-order valence-corrected chi connectivity index (χ3v) is 5.13. The number of rotatable bonds is 5. The summed E-state index contributed by atoms with van der Waals surface area (Å²) < 4.78 is 2.27. The maximum absolute atomic E-state index is 5.70. The summed E-state index contributed by atoms with van der Waals surface area (Å²) in [5.74, 6) is 0. The highest BCUT2D eigenvalue weighted by molar-refractivity contribution is 7.80. The van der Waals surface area contributed by atoms with E-state index in [1.54, 1.807) is 6.20 Å². The van der Waals surface area contributed by atoms with Gasteiger partial charge in [-0.3, -0.25) is 9.97 Å². The van der Waals surface area contributed by atoms with Crippen LogP contribution >= 0.6 is 12.2 Å². The minimum atomic E-state index is 0.0144. The summed E-state index contributed by atoms with van der Waals surface area (Å²) in [6, 6.07) is 14.4. The molecule has 0 unspecified atom stereocenters. The molecular formula is C20H21N5S. The molecule has 6 heteroatoms. The van der Waals surface area contributed by atoms with Gasteiger partial charge in [-0.1, -0.05) is 12.1 Å². The number of hydrogen-bond acceptors (Lipinski definition) is 3. The van der Waals surface area contributed by atoms with Crippen LogP contribution in [0.15, 0.2) is 67.3 Å². The topological polar surface area (TPSA) is 46.0 Å². The average Bonchev–Trinajstić information content (AvgIpc) is 3.28. The largest absolute Gasteiger partial charge is 0.352 e. The summed E-state index contributed by atoms with van der Waals surface area (Å²) in [6.45, 7) is 3.79. The molecule has 2 atom stereocenters. The van der Waals surface area contributed by atoms with Crippen LogP contribution in [0.1, 0.15) is 36.0 Å². The predicted octanol–water partition coefficient (Wildman–Crippen LogP) is 3.47. The first-order valence-corrected chi connectivity index (χ1v) is 9.20. The van der Waals surface area contributed by atoms with E-state index in [0.717, 1.165) is 22.9 Å². The van der Waals surface area contributed by atoms with Crippen molar-refractivity contribution in [2.75, 3.05) is 0 Å². The maximum Gasteiger partial charge on any atom is 0.170 e. The Hall–Kier alpha value is -2.73. The summed E-state index contributed by atoms with van der Waals surface area (Å²) in [5, 5.41) is 4.24. The molecule has 3 aromatic heterocycles. The van der Waals surface area contributed by atoms with Crippen LogP contribution in [0.3, 0.4) is 0 Å². The van der Waals surface area contributed by atoms with Gasteiger partial charge >= 0.3 is 0 Å². The van der Waals surface area contributed by atoms with Crippen LogP contribution in [-0.2, 0) is 13.1 Å². The van der Waals surface area contributed by atoms with Crippen molar-refractivity contribution in [3.8, 4) is 0 Å². The molecule has 0 radical (unpaired) electrons. The number of aryl methyl sites for hydroxylation is 1. The van der Waals surface area contributed by atoms with Crippen molar-refractivity contribution >= 4 is 17.3 Å². The van der Waals surface area contributed by atoms with Crippen LogP contribution in [0, 0.1) is 0 Å². The number of hydrogen-bond donors (Lipinski definition) is 1. The Balaban J connectivity index is 1.75. The van der Waals surface area contributed by atoms with Crippen LogP contribution in [0.25, 0.3) is 0 Å². The SMILES string of the molecule is CCn1cccc1[C@H]1[C@@H](c2ccccn2)NC(=S)N1Cc1cccnc1.